The SMILES string of the molecule is O=C1CCCC2=C1C(c1ccc(O)cc1)n1nc(-c3cccc(O)c3)nc1N2. The first-order valence-corrected chi connectivity index (χ1v) is 9.18. The van der Waals surface area contributed by atoms with E-state index < -0.39 is 6.04 Å². The first kappa shape index (κ1) is 16.6. The highest BCUT2D eigenvalue weighted by molar-refractivity contribution is 5.99. The zero-order chi connectivity index (χ0) is 19.3. The molecule has 140 valence electrons. The number of hydrogen-bond donors (Lipinski definition) is 3. The number of phenols is 2. The van der Waals surface area contributed by atoms with Crippen molar-refractivity contribution in [3.63, 3.8) is 0 Å². The van der Waals surface area contributed by atoms with Crippen molar-refractivity contribution in [2.45, 2.75) is 25.3 Å². The molecule has 3 aromatic rings. The van der Waals surface area contributed by atoms with Gasteiger partial charge in [0.2, 0.25) is 5.95 Å². The molecule has 0 saturated carbocycles. The number of allylic oxidation sites excluding steroid dienone is 2. The molecule has 0 fully saturated rings. The van der Waals surface area contributed by atoms with Gasteiger partial charge in [-0.3, -0.25) is 4.79 Å². The van der Waals surface area contributed by atoms with E-state index in [1.807, 2.05) is 6.07 Å². The molecule has 3 N–H and O–H groups in total. The van der Waals surface area contributed by atoms with E-state index in [9.17, 15) is 15.0 Å². The maximum Gasteiger partial charge on any atom is 0.226 e. The largest absolute Gasteiger partial charge is 0.508 e. The van der Waals surface area contributed by atoms with Crippen molar-refractivity contribution in [2.75, 3.05) is 5.32 Å². The number of ketones is 1. The van der Waals surface area contributed by atoms with Crippen molar-refractivity contribution >= 4 is 11.7 Å². The zero-order valence-electron chi connectivity index (χ0n) is 15.0. The number of carbonyl (C=O) groups excluding carboxylic acids is 1. The molecular weight excluding hydrogens is 356 g/mol. The van der Waals surface area contributed by atoms with Gasteiger partial charge >= 0.3 is 0 Å². The molecule has 2 heterocycles. The maximum atomic E-state index is 12.8. The lowest BCUT2D eigenvalue weighted by atomic mass is 9.85. The maximum absolute atomic E-state index is 12.8. The van der Waals surface area contributed by atoms with E-state index in [4.69, 9.17) is 0 Å². The van der Waals surface area contributed by atoms with Crippen LogP contribution in [-0.4, -0.2) is 30.8 Å². The summed E-state index contributed by atoms with van der Waals surface area (Å²) in [5.74, 6) is 1.44. The monoisotopic (exact) mass is 374 g/mol. The number of hydrogen-bond acceptors (Lipinski definition) is 6. The van der Waals surface area contributed by atoms with Gasteiger partial charge in [0, 0.05) is 23.3 Å². The Balaban J connectivity index is 1.68. The van der Waals surface area contributed by atoms with Gasteiger partial charge in [0.05, 0.1) is 0 Å². The van der Waals surface area contributed by atoms with Gasteiger partial charge in [-0.15, -0.1) is 5.10 Å². The van der Waals surface area contributed by atoms with Crippen LogP contribution in [0.1, 0.15) is 30.9 Å². The van der Waals surface area contributed by atoms with Gasteiger partial charge in [-0.25, -0.2) is 4.68 Å². The Morgan fingerprint density at radius 3 is 2.64 bits per heavy atom. The molecule has 1 aliphatic carbocycles. The highest BCUT2D eigenvalue weighted by atomic mass is 16.3. The molecule has 0 bridgehead atoms. The van der Waals surface area contributed by atoms with Crippen LogP contribution in [0.4, 0.5) is 5.95 Å². The minimum Gasteiger partial charge on any atom is -0.508 e. The van der Waals surface area contributed by atoms with Gasteiger partial charge in [0.25, 0.3) is 0 Å². The summed E-state index contributed by atoms with van der Waals surface area (Å²) >= 11 is 0. The average Bonchev–Trinajstić information content (AvgIpc) is 3.11. The first-order valence-electron chi connectivity index (χ1n) is 9.18. The third-order valence-corrected chi connectivity index (χ3v) is 5.18. The van der Waals surface area contributed by atoms with Crippen LogP contribution in [0.2, 0.25) is 0 Å². The van der Waals surface area contributed by atoms with Crippen molar-refractivity contribution in [1.82, 2.24) is 14.8 Å². The fraction of sp³-hybridized carbons (Fsp3) is 0.190. The minimum absolute atomic E-state index is 0.104. The van der Waals surface area contributed by atoms with Crippen LogP contribution < -0.4 is 5.32 Å². The van der Waals surface area contributed by atoms with Gasteiger partial charge < -0.3 is 15.5 Å². The number of fused-ring (bicyclic) bond motifs is 1. The third-order valence-electron chi connectivity index (χ3n) is 5.18. The molecule has 28 heavy (non-hydrogen) atoms. The molecule has 0 spiro atoms. The van der Waals surface area contributed by atoms with E-state index >= 15 is 0 Å². The smallest absolute Gasteiger partial charge is 0.226 e. The topological polar surface area (TPSA) is 100 Å². The number of carbonyl (C=O) groups is 1. The number of nitrogens with one attached hydrogen (secondary N) is 1. The lowest BCUT2D eigenvalue weighted by Gasteiger charge is -2.32. The normalized spacial score (nSPS) is 18.4. The molecule has 1 unspecified atom stereocenters. The van der Waals surface area contributed by atoms with Crippen LogP contribution in [0.15, 0.2) is 59.8 Å². The van der Waals surface area contributed by atoms with Gasteiger partial charge in [-0.05, 0) is 42.7 Å². The second kappa shape index (κ2) is 6.23. The fourth-order valence-electron chi connectivity index (χ4n) is 3.89. The summed E-state index contributed by atoms with van der Waals surface area (Å²) in [5, 5.41) is 27.4. The number of nitrogens with zero attached hydrogens (tertiary/aromatic N) is 3. The van der Waals surface area contributed by atoms with Crippen LogP contribution in [0.5, 0.6) is 11.5 Å². The molecule has 7 heteroatoms. The number of aromatic hydroxyl groups is 2. The summed E-state index contributed by atoms with van der Waals surface area (Å²) in [6.07, 6.45) is 2.10. The highest BCUT2D eigenvalue weighted by Gasteiger charge is 2.36. The fourth-order valence-corrected chi connectivity index (χ4v) is 3.89. The van der Waals surface area contributed by atoms with Crippen LogP contribution in [0.3, 0.4) is 0 Å². The number of aromatic nitrogens is 3. The Morgan fingerprint density at radius 2 is 1.86 bits per heavy atom. The molecule has 0 radical (unpaired) electrons. The molecular formula is C21H18N4O3. The standard InChI is InChI=1S/C21H18N4O3/c26-14-9-7-12(8-10-14)19-18-16(5-2-6-17(18)28)22-21-23-20(24-25(19)21)13-3-1-4-15(27)11-13/h1,3-4,7-11,19,26-27H,2,5-6H2,(H,22,23,24). The highest BCUT2D eigenvalue weighted by Crippen LogP contribution is 2.41. The predicted molar refractivity (Wildman–Crippen MR) is 103 cm³/mol. The summed E-state index contributed by atoms with van der Waals surface area (Å²) in [7, 11) is 0. The van der Waals surface area contributed by atoms with Crippen molar-refractivity contribution < 1.29 is 15.0 Å². The van der Waals surface area contributed by atoms with Crippen LogP contribution in [0, 0.1) is 0 Å². The molecule has 1 aromatic heterocycles. The van der Waals surface area contributed by atoms with E-state index in [-0.39, 0.29) is 17.3 Å². The Morgan fingerprint density at radius 1 is 1.04 bits per heavy atom. The Hall–Kier alpha value is -3.61. The van der Waals surface area contributed by atoms with Gasteiger partial charge in [0.1, 0.15) is 17.5 Å². The molecule has 1 atom stereocenters. The van der Waals surface area contributed by atoms with E-state index in [2.05, 4.69) is 15.4 Å². The predicted octanol–water partition coefficient (Wildman–Crippen LogP) is 3.38. The second-order valence-electron chi connectivity index (χ2n) is 7.04. The minimum atomic E-state index is -0.404. The number of phenolic OH excluding ortho intramolecular Hbond substituents is 2. The molecule has 7 nitrogen and oxygen atoms in total. The Kier molecular flexibility index (Phi) is 3.68. The van der Waals surface area contributed by atoms with Crippen LogP contribution in [-0.2, 0) is 4.79 Å². The Bertz CT molecular complexity index is 1110. The first-order chi connectivity index (χ1) is 13.6. The summed E-state index contributed by atoms with van der Waals surface area (Å²) in [5.41, 5.74) is 3.14. The number of rotatable bonds is 2. The van der Waals surface area contributed by atoms with Crippen molar-refractivity contribution in [3.05, 3.63) is 65.4 Å². The quantitative estimate of drug-likeness (QED) is 0.636. The molecule has 2 aliphatic rings. The molecule has 2 aromatic carbocycles. The molecule has 0 amide bonds. The molecule has 1 aliphatic heterocycles. The summed E-state index contributed by atoms with van der Waals surface area (Å²) in [4.78, 5) is 17.4. The molecule has 5 rings (SSSR count). The summed E-state index contributed by atoms with van der Waals surface area (Å²) < 4.78 is 1.72. The Labute approximate surface area is 161 Å². The summed E-state index contributed by atoms with van der Waals surface area (Å²) in [6, 6.07) is 13.2. The van der Waals surface area contributed by atoms with Gasteiger partial charge in [-0.1, -0.05) is 24.3 Å². The molecule has 0 saturated heterocycles. The van der Waals surface area contributed by atoms with Crippen molar-refractivity contribution in [3.8, 4) is 22.9 Å². The van der Waals surface area contributed by atoms with Crippen molar-refractivity contribution in [2.24, 2.45) is 0 Å². The van der Waals surface area contributed by atoms with Gasteiger partial charge in [-0.2, -0.15) is 4.98 Å². The lowest BCUT2D eigenvalue weighted by Crippen LogP contribution is -2.31. The van der Waals surface area contributed by atoms with E-state index in [1.165, 1.54) is 0 Å². The zero-order valence-corrected chi connectivity index (χ0v) is 15.0. The van der Waals surface area contributed by atoms with Gasteiger partial charge in [0.15, 0.2) is 11.6 Å². The lowest BCUT2D eigenvalue weighted by molar-refractivity contribution is -0.116. The number of anilines is 1. The van der Waals surface area contributed by atoms with E-state index in [1.54, 1.807) is 47.1 Å². The third kappa shape index (κ3) is 2.63. The van der Waals surface area contributed by atoms with E-state index in [0.717, 1.165) is 24.1 Å². The summed E-state index contributed by atoms with van der Waals surface area (Å²) in [6.45, 7) is 0. The van der Waals surface area contributed by atoms with E-state index in [0.29, 0.717) is 29.3 Å². The second-order valence-corrected chi connectivity index (χ2v) is 7.04. The average molecular weight is 374 g/mol. The van der Waals surface area contributed by atoms with Crippen molar-refractivity contribution in [1.29, 1.82) is 0 Å². The number of Topliss-reactive ketones (excluding diaryl/α,β-unsaturated/α-hetero) is 1. The van der Waals surface area contributed by atoms with Crippen LogP contribution >= 0.6 is 0 Å². The van der Waals surface area contributed by atoms with Crippen LogP contribution in [0.25, 0.3) is 11.4 Å². The number of benzene rings is 2.